The predicted molar refractivity (Wildman–Crippen MR) is 121 cm³/mol. The van der Waals surface area contributed by atoms with Gasteiger partial charge in [-0.3, -0.25) is 4.79 Å². The van der Waals surface area contributed by atoms with Crippen LogP contribution in [0.4, 0.5) is 0 Å². The number of aromatic nitrogens is 2. The minimum atomic E-state index is -0.658. The van der Waals surface area contributed by atoms with E-state index in [9.17, 15) is 9.59 Å². The summed E-state index contributed by atoms with van der Waals surface area (Å²) in [5, 5.41) is 0.338. The Labute approximate surface area is 184 Å². The van der Waals surface area contributed by atoms with Crippen molar-refractivity contribution in [2.24, 2.45) is 0 Å². The molecule has 1 aromatic heterocycles. The van der Waals surface area contributed by atoms with Crippen LogP contribution in [0.2, 0.25) is 0 Å². The molecule has 0 saturated heterocycles. The summed E-state index contributed by atoms with van der Waals surface area (Å²) < 4.78 is 11.6. The van der Waals surface area contributed by atoms with Gasteiger partial charge in [0.2, 0.25) is 0 Å². The number of nitrogens with zero attached hydrogens (tertiary/aromatic N) is 2. The highest BCUT2D eigenvalue weighted by Gasteiger charge is 2.19. The molecular formula is C25H22N2O5. The van der Waals surface area contributed by atoms with Crippen LogP contribution in [0, 0.1) is 13.8 Å². The van der Waals surface area contributed by atoms with Crippen molar-refractivity contribution in [1.82, 2.24) is 9.71 Å². The second-order valence-corrected chi connectivity index (χ2v) is 7.30. The Bertz CT molecular complexity index is 1390. The van der Waals surface area contributed by atoms with E-state index in [1.165, 1.54) is 14.2 Å². The standard InChI is InChI=1S/C25H22N2O5/c1-15-9-10-18(13-16(15)2)25(29)32-27-23(17-11-12-21(30-3)22(14-17)31-4)26-20-8-6-5-7-19(20)24(27)28/h5-14H,1-4H3. The van der Waals surface area contributed by atoms with Crippen molar-refractivity contribution in [3.05, 3.63) is 87.7 Å². The number of carbonyl (C=O) groups is 1. The fourth-order valence-electron chi connectivity index (χ4n) is 3.36. The number of ether oxygens (including phenoxy) is 2. The van der Waals surface area contributed by atoms with Crippen LogP contribution >= 0.6 is 0 Å². The molecule has 7 heteroatoms. The Kier molecular flexibility index (Phi) is 5.64. The van der Waals surface area contributed by atoms with Gasteiger partial charge in [-0.1, -0.05) is 18.2 Å². The molecule has 0 bridgehead atoms. The SMILES string of the molecule is COc1ccc(-c2nc3ccccc3c(=O)n2OC(=O)c2ccc(C)c(C)c2)cc1OC. The van der Waals surface area contributed by atoms with Gasteiger partial charge in [-0.15, -0.1) is 4.73 Å². The minimum Gasteiger partial charge on any atom is -0.493 e. The quantitative estimate of drug-likeness (QED) is 0.477. The van der Waals surface area contributed by atoms with Crippen LogP contribution in [-0.4, -0.2) is 29.9 Å². The molecule has 0 unspecified atom stereocenters. The van der Waals surface area contributed by atoms with Crippen molar-refractivity contribution in [2.45, 2.75) is 13.8 Å². The van der Waals surface area contributed by atoms with Gasteiger partial charge in [-0.2, -0.15) is 0 Å². The van der Waals surface area contributed by atoms with Gasteiger partial charge >= 0.3 is 5.97 Å². The predicted octanol–water partition coefficient (Wildman–Crippen LogP) is 3.97. The molecule has 0 amide bonds. The minimum absolute atomic E-state index is 0.173. The van der Waals surface area contributed by atoms with Crippen molar-refractivity contribution >= 4 is 16.9 Å². The van der Waals surface area contributed by atoms with Crippen LogP contribution in [-0.2, 0) is 0 Å². The first-order chi connectivity index (χ1) is 15.4. The average Bonchev–Trinajstić information content (AvgIpc) is 2.82. The zero-order valence-corrected chi connectivity index (χ0v) is 18.2. The van der Waals surface area contributed by atoms with Gasteiger partial charge in [0.05, 0.1) is 30.7 Å². The fourth-order valence-corrected chi connectivity index (χ4v) is 3.36. The van der Waals surface area contributed by atoms with Crippen molar-refractivity contribution in [3.8, 4) is 22.9 Å². The molecule has 1 heterocycles. The third-order valence-corrected chi connectivity index (χ3v) is 5.30. The maximum atomic E-state index is 13.3. The van der Waals surface area contributed by atoms with Gasteiger partial charge in [0, 0.05) is 5.56 Å². The topological polar surface area (TPSA) is 79.6 Å². The number of fused-ring (bicyclic) bond motifs is 1. The van der Waals surface area contributed by atoms with Crippen LogP contribution in [0.15, 0.2) is 65.5 Å². The molecule has 162 valence electrons. The monoisotopic (exact) mass is 430 g/mol. The number of rotatable bonds is 5. The maximum Gasteiger partial charge on any atom is 0.363 e. The molecule has 0 aliphatic carbocycles. The second-order valence-electron chi connectivity index (χ2n) is 7.30. The molecule has 0 radical (unpaired) electrons. The summed E-state index contributed by atoms with van der Waals surface area (Å²) in [6.45, 7) is 3.86. The zero-order valence-electron chi connectivity index (χ0n) is 18.2. The third-order valence-electron chi connectivity index (χ3n) is 5.30. The molecule has 0 saturated carbocycles. The van der Waals surface area contributed by atoms with Crippen LogP contribution in [0.5, 0.6) is 11.5 Å². The smallest absolute Gasteiger partial charge is 0.363 e. The average molecular weight is 430 g/mol. The van der Waals surface area contributed by atoms with Crippen molar-refractivity contribution in [2.75, 3.05) is 14.2 Å². The Morgan fingerprint density at radius 1 is 0.875 bits per heavy atom. The lowest BCUT2D eigenvalue weighted by Crippen LogP contribution is -2.33. The summed E-state index contributed by atoms with van der Waals surface area (Å²) in [5.41, 5.74) is 2.86. The molecule has 0 aliphatic heterocycles. The molecule has 0 N–H and O–H groups in total. The molecule has 0 fully saturated rings. The number of para-hydroxylation sites is 1. The molecule has 0 aliphatic rings. The number of aryl methyl sites for hydroxylation is 2. The lowest BCUT2D eigenvalue weighted by atomic mass is 10.1. The first-order valence-corrected chi connectivity index (χ1v) is 9.97. The van der Waals surface area contributed by atoms with E-state index in [1.807, 2.05) is 19.9 Å². The fraction of sp³-hybridized carbons (Fsp3) is 0.160. The Morgan fingerprint density at radius 3 is 2.34 bits per heavy atom. The van der Waals surface area contributed by atoms with Gasteiger partial charge in [-0.05, 0) is 67.4 Å². The van der Waals surface area contributed by atoms with E-state index in [0.717, 1.165) is 15.9 Å². The number of benzene rings is 3. The first-order valence-electron chi connectivity index (χ1n) is 9.97. The van der Waals surface area contributed by atoms with E-state index in [4.69, 9.17) is 14.3 Å². The van der Waals surface area contributed by atoms with Crippen molar-refractivity contribution < 1.29 is 19.1 Å². The molecule has 0 spiro atoms. The summed E-state index contributed by atoms with van der Waals surface area (Å²) in [6, 6.07) is 17.2. The Morgan fingerprint density at radius 2 is 1.62 bits per heavy atom. The largest absolute Gasteiger partial charge is 0.493 e. The van der Waals surface area contributed by atoms with E-state index < -0.39 is 11.5 Å². The molecular weight excluding hydrogens is 408 g/mol. The van der Waals surface area contributed by atoms with E-state index in [0.29, 0.717) is 33.5 Å². The van der Waals surface area contributed by atoms with Gasteiger partial charge in [0.1, 0.15) is 0 Å². The van der Waals surface area contributed by atoms with Crippen LogP contribution < -0.4 is 19.9 Å². The van der Waals surface area contributed by atoms with E-state index >= 15 is 0 Å². The second kappa shape index (κ2) is 8.55. The highest BCUT2D eigenvalue weighted by molar-refractivity contribution is 5.90. The summed E-state index contributed by atoms with van der Waals surface area (Å²) in [5.74, 6) is 0.498. The molecule has 4 aromatic rings. The number of carbonyl (C=O) groups excluding carboxylic acids is 1. The van der Waals surface area contributed by atoms with Gasteiger partial charge < -0.3 is 14.3 Å². The first kappa shape index (κ1) is 21.1. The maximum absolute atomic E-state index is 13.3. The van der Waals surface area contributed by atoms with E-state index in [-0.39, 0.29) is 5.82 Å². The van der Waals surface area contributed by atoms with Gasteiger partial charge in [-0.25, -0.2) is 9.78 Å². The lowest BCUT2D eigenvalue weighted by molar-refractivity contribution is 0.0449. The number of hydrogen-bond acceptors (Lipinski definition) is 6. The molecule has 7 nitrogen and oxygen atoms in total. The molecule has 3 aromatic carbocycles. The molecule has 32 heavy (non-hydrogen) atoms. The van der Waals surface area contributed by atoms with Gasteiger partial charge in [0.25, 0.3) is 5.56 Å². The normalized spacial score (nSPS) is 10.8. The van der Waals surface area contributed by atoms with Gasteiger partial charge in [0.15, 0.2) is 17.3 Å². The highest BCUT2D eigenvalue weighted by Crippen LogP contribution is 2.31. The lowest BCUT2D eigenvalue weighted by Gasteiger charge is -2.15. The van der Waals surface area contributed by atoms with E-state index in [1.54, 1.807) is 54.6 Å². The zero-order chi connectivity index (χ0) is 22.8. The molecule has 4 rings (SSSR count). The van der Waals surface area contributed by atoms with Crippen LogP contribution in [0.25, 0.3) is 22.3 Å². The number of methoxy groups -OCH3 is 2. The van der Waals surface area contributed by atoms with Crippen molar-refractivity contribution in [3.63, 3.8) is 0 Å². The van der Waals surface area contributed by atoms with Crippen LogP contribution in [0.3, 0.4) is 0 Å². The van der Waals surface area contributed by atoms with Crippen molar-refractivity contribution in [1.29, 1.82) is 0 Å². The summed E-state index contributed by atoms with van der Waals surface area (Å²) in [4.78, 5) is 36.4. The summed E-state index contributed by atoms with van der Waals surface area (Å²) in [6.07, 6.45) is 0. The third kappa shape index (κ3) is 3.80. The Balaban J connectivity index is 1.89. The number of hydrogen-bond donors (Lipinski definition) is 0. The van der Waals surface area contributed by atoms with Crippen LogP contribution in [0.1, 0.15) is 21.5 Å². The highest BCUT2D eigenvalue weighted by atomic mass is 16.7. The Hall–Kier alpha value is -4.13. The van der Waals surface area contributed by atoms with E-state index in [2.05, 4.69) is 4.98 Å². The summed E-state index contributed by atoms with van der Waals surface area (Å²) >= 11 is 0. The molecule has 0 atom stereocenters. The summed E-state index contributed by atoms with van der Waals surface area (Å²) in [7, 11) is 3.05.